The molecule has 2 aliphatic heterocycles. The lowest BCUT2D eigenvalue weighted by atomic mass is 10.0. The van der Waals surface area contributed by atoms with Gasteiger partial charge in [-0.1, -0.05) is 24.3 Å². The van der Waals surface area contributed by atoms with E-state index in [1.165, 1.54) is 17.0 Å². The van der Waals surface area contributed by atoms with E-state index in [4.69, 9.17) is 12.2 Å². The van der Waals surface area contributed by atoms with E-state index in [0.29, 0.717) is 37.6 Å². The van der Waals surface area contributed by atoms with Gasteiger partial charge in [0.15, 0.2) is 5.11 Å². The first-order chi connectivity index (χ1) is 16.7. The summed E-state index contributed by atoms with van der Waals surface area (Å²) >= 11 is 5.09. The maximum absolute atomic E-state index is 12.9. The molecule has 2 aliphatic rings. The maximum Gasteiger partial charge on any atom is 0.417 e. The standard InChI is InChI=1S/C24H22F3N5O2S/c1-2-9-32-22(34)18(21(33)29-23(32)35)14-16-5-3-4-6-19(16)30-10-12-31(13-11-30)20-8-7-17(15-28-20)24(25,26)27/h2-8,14-15H,1,9-13H2,(H,29,33,35). The van der Waals surface area contributed by atoms with Gasteiger partial charge >= 0.3 is 6.18 Å². The molecule has 1 aromatic carbocycles. The number of amides is 2. The fraction of sp³-hybridized carbons (Fsp3) is 0.250. The van der Waals surface area contributed by atoms with Gasteiger partial charge in [-0.05, 0) is 42.1 Å². The van der Waals surface area contributed by atoms with Crippen molar-refractivity contribution in [3.05, 3.63) is 72.0 Å². The minimum Gasteiger partial charge on any atom is -0.367 e. The van der Waals surface area contributed by atoms with Gasteiger partial charge in [0, 0.05) is 44.6 Å². The summed E-state index contributed by atoms with van der Waals surface area (Å²) < 4.78 is 38.4. The maximum atomic E-state index is 12.9. The Hall–Kier alpha value is -3.73. The summed E-state index contributed by atoms with van der Waals surface area (Å²) in [4.78, 5) is 34.7. The number of hydrogen-bond acceptors (Lipinski definition) is 6. The minimum absolute atomic E-state index is 0.0273. The Morgan fingerprint density at radius 1 is 1.06 bits per heavy atom. The highest BCUT2D eigenvalue weighted by Gasteiger charge is 2.33. The molecule has 7 nitrogen and oxygen atoms in total. The van der Waals surface area contributed by atoms with E-state index in [0.717, 1.165) is 18.0 Å². The summed E-state index contributed by atoms with van der Waals surface area (Å²) in [7, 11) is 0. The summed E-state index contributed by atoms with van der Waals surface area (Å²) in [6, 6.07) is 9.80. The van der Waals surface area contributed by atoms with Gasteiger partial charge in [-0.25, -0.2) is 4.98 Å². The molecule has 4 rings (SSSR count). The number of pyridine rings is 1. The van der Waals surface area contributed by atoms with E-state index in [1.807, 2.05) is 29.2 Å². The van der Waals surface area contributed by atoms with Gasteiger partial charge in [0.1, 0.15) is 11.4 Å². The number of halogens is 3. The van der Waals surface area contributed by atoms with Crippen LogP contribution in [0.15, 0.2) is 60.8 Å². The number of para-hydroxylation sites is 1. The van der Waals surface area contributed by atoms with Crippen LogP contribution < -0.4 is 15.1 Å². The van der Waals surface area contributed by atoms with Crippen molar-refractivity contribution in [1.29, 1.82) is 0 Å². The van der Waals surface area contributed by atoms with E-state index in [9.17, 15) is 22.8 Å². The Kier molecular flexibility index (Phi) is 6.88. The van der Waals surface area contributed by atoms with Gasteiger partial charge in [-0.15, -0.1) is 6.58 Å². The number of piperazine rings is 1. The molecule has 1 aromatic heterocycles. The predicted octanol–water partition coefficient (Wildman–Crippen LogP) is 3.24. The number of rotatable bonds is 5. The summed E-state index contributed by atoms with van der Waals surface area (Å²) in [6.07, 6.45) is -0.504. The zero-order valence-corrected chi connectivity index (χ0v) is 19.4. The molecule has 0 atom stereocenters. The summed E-state index contributed by atoms with van der Waals surface area (Å²) in [5.41, 5.74) is 0.721. The van der Waals surface area contributed by atoms with Crippen molar-refractivity contribution in [3.8, 4) is 0 Å². The number of benzene rings is 1. The molecule has 0 unspecified atom stereocenters. The van der Waals surface area contributed by atoms with Crippen LogP contribution in [0.25, 0.3) is 6.08 Å². The van der Waals surface area contributed by atoms with Crippen LogP contribution in [0.5, 0.6) is 0 Å². The van der Waals surface area contributed by atoms with Crippen molar-refractivity contribution in [3.63, 3.8) is 0 Å². The molecule has 0 aliphatic carbocycles. The molecule has 2 amide bonds. The molecule has 2 aromatic rings. The Balaban J connectivity index is 1.51. The van der Waals surface area contributed by atoms with E-state index < -0.39 is 23.6 Å². The summed E-state index contributed by atoms with van der Waals surface area (Å²) in [5, 5.41) is 2.58. The highest BCUT2D eigenvalue weighted by Crippen LogP contribution is 2.30. The highest BCUT2D eigenvalue weighted by atomic mass is 32.1. The number of alkyl halides is 3. The van der Waals surface area contributed by atoms with Crippen LogP contribution in [0.2, 0.25) is 0 Å². The molecule has 11 heteroatoms. The smallest absolute Gasteiger partial charge is 0.367 e. The van der Waals surface area contributed by atoms with Crippen LogP contribution in [0, 0.1) is 0 Å². The minimum atomic E-state index is -4.42. The average molecular weight is 502 g/mol. The normalized spacial score (nSPS) is 18.2. The lowest BCUT2D eigenvalue weighted by molar-refractivity contribution is -0.138. The quantitative estimate of drug-likeness (QED) is 0.294. The van der Waals surface area contributed by atoms with Crippen LogP contribution in [0.1, 0.15) is 11.1 Å². The number of nitrogens with one attached hydrogen (secondary N) is 1. The largest absolute Gasteiger partial charge is 0.417 e. The Labute approximate surface area is 205 Å². The number of hydrogen-bond donors (Lipinski definition) is 1. The second kappa shape index (κ2) is 9.87. The Morgan fingerprint density at radius 2 is 1.74 bits per heavy atom. The zero-order chi connectivity index (χ0) is 25.2. The third kappa shape index (κ3) is 5.19. The van der Waals surface area contributed by atoms with Gasteiger partial charge < -0.3 is 9.80 Å². The van der Waals surface area contributed by atoms with Crippen LogP contribution in [0.4, 0.5) is 24.7 Å². The second-order valence-electron chi connectivity index (χ2n) is 7.96. The number of aromatic nitrogens is 1. The fourth-order valence-corrected chi connectivity index (χ4v) is 4.21. The topological polar surface area (TPSA) is 68.8 Å². The molecule has 2 saturated heterocycles. The van der Waals surface area contributed by atoms with E-state index >= 15 is 0 Å². The number of nitrogens with zero attached hydrogens (tertiary/aromatic N) is 4. The van der Waals surface area contributed by atoms with E-state index in [2.05, 4.69) is 21.8 Å². The fourth-order valence-electron chi connectivity index (χ4n) is 3.96. The van der Waals surface area contributed by atoms with E-state index in [1.54, 1.807) is 6.08 Å². The molecule has 2 fully saturated rings. The highest BCUT2D eigenvalue weighted by molar-refractivity contribution is 7.80. The second-order valence-corrected chi connectivity index (χ2v) is 8.34. The van der Waals surface area contributed by atoms with Crippen molar-refractivity contribution < 1.29 is 22.8 Å². The first kappa shape index (κ1) is 24.4. The lowest BCUT2D eigenvalue weighted by Gasteiger charge is -2.37. The Morgan fingerprint density at radius 3 is 2.37 bits per heavy atom. The molecule has 182 valence electrons. The van der Waals surface area contributed by atoms with Gasteiger partial charge in [0.25, 0.3) is 11.8 Å². The molecule has 0 bridgehead atoms. The third-order valence-electron chi connectivity index (χ3n) is 5.75. The zero-order valence-electron chi connectivity index (χ0n) is 18.6. The first-order valence-electron chi connectivity index (χ1n) is 10.8. The van der Waals surface area contributed by atoms with Crippen molar-refractivity contribution in [1.82, 2.24) is 15.2 Å². The SMILES string of the molecule is C=CCN1C(=O)C(=Cc2ccccc2N2CCN(c3ccc(C(F)(F)F)cn3)CC2)C(=O)NC1=S. The van der Waals surface area contributed by atoms with Crippen molar-refractivity contribution >= 4 is 46.7 Å². The molecule has 0 radical (unpaired) electrons. The van der Waals surface area contributed by atoms with Crippen LogP contribution in [0.3, 0.4) is 0 Å². The molecule has 3 heterocycles. The predicted molar refractivity (Wildman–Crippen MR) is 131 cm³/mol. The lowest BCUT2D eigenvalue weighted by Crippen LogP contribution is -2.53. The molecule has 0 spiro atoms. The van der Waals surface area contributed by atoms with Gasteiger partial charge in [0.2, 0.25) is 0 Å². The monoisotopic (exact) mass is 501 g/mol. The van der Waals surface area contributed by atoms with E-state index in [-0.39, 0.29) is 17.2 Å². The molecular formula is C24H22F3N5O2S. The first-order valence-corrected chi connectivity index (χ1v) is 11.2. The molecule has 35 heavy (non-hydrogen) atoms. The van der Waals surface area contributed by atoms with Gasteiger partial charge in [-0.2, -0.15) is 13.2 Å². The number of carbonyl (C=O) groups is 2. The summed E-state index contributed by atoms with van der Waals surface area (Å²) in [5.74, 6) is -0.573. The van der Waals surface area contributed by atoms with Gasteiger partial charge in [0.05, 0.1) is 5.56 Å². The summed E-state index contributed by atoms with van der Waals surface area (Å²) in [6.45, 7) is 6.05. The molecule has 1 N–H and O–H groups in total. The number of thiocarbonyl (C=S) groups is 1. The average Bonchev–Trinajstić information content (AvgIpc) is 2.84. The van der Waals surface area contributed by atoms with Crippen molar-refractivity contribution in [2.75, 3.05) is 42.5 Å². The Bertz CT molecular complexity index is 1190. The van der Waals surface area contributed by atoms with Crippen LogP contribution in [-0.2, 0) is 15.8 Å². The van der Waals surface area contributed by atoms with Crippen LogP contribution in [-0.4, -0.2) is 59.5 Å². The van der Waals surface area contributed by atoms with Gasteiger partial charge in [-0.3, -0.25) is 19.8 Å². The number of carbonyl (C=O) groups excluding carboxylic acids is 2. The third-order valence-corrected chi connectivity index (χ3v) is 6.08. The van der Waals surface area contributed by atoms with Crippen molar-refractivity contribution in [2.24, 2.45) is 0 Å². The van der Waals surface area contributed by atoms with Crippen molar-refractivity contribution in [2.45, 2.75) is 6.18 Å². The molecular weight excluding hydrogens is 479 g/mol. The van der Waals surface area contributed by atoms with Crippen LogP contribution >= 0.6 is 12.2 Å². The number of anilines is 2. The molecule has 0 saturated carbocycles.